The van der Waals surface area contributed by atoms with Crippen molar-refractivity contribution in [2.24, 2.45) is 0 Å². The van der Waals surface area contributed by atoms with Crippen LogP contribution in [-0.2, 0) is 0 Å². The summed E-state index contributed by atoms with van der Waals surface area (Å²) in [5, 5.41) is 3.91. The molecule has 1 aromatic carbocycles. The van der Waals surface area contributed by atoms with Gasteiger partial charge in [0.2, 0.25) is 0 Å². The van der Waals surface area contributed by atoms with Crippen molar-refractivity contribution in [1.29, 1.82) is 0 Å². The molecule has 0 bridgehead atoms. The highest BCUT2D eigenvalue weighted by Gasteiger charge is 2.09. The van der Waals surface area contributed by atoms with Crippen molar-refractivity contribution in [2.45, 2.75) is 45.6 Å². The smallest absolute Gasteiger partial charge is 0.124 e. The predicted octanol–water partition coefficient (Wildman–Crippen LogP) is 4.71. The van der Waals surface area contributed by atoms with E-state index in [2.05, 4.69) is 19.2 Å². The van der Waals surface area contributed by atoms with E-state index in [1.807, 2.05) is 0 Å². The maximum atomic E-state index is 12.9. The first kappa shape index (κ1) is 14.5. The molecule has 17 heavy (non-hydrogen) atoms. The van der Waals surface area contributed by atoms with E-state index in [9.17, 15) is 4.39 Å². The summed E-state index contributed by atoms with van der Waals surface area (Å²) in [6.07, 6.45) is 4.97. The third-order valence-electron chi connectivity index (χ3n) is 2.91. The Morgan fingerprint density at radius 2 is 2.06 bits per heavy atom. The number of hydrogen-bond donors (Lipinski definition) is 1. The molecule has 0 aliphatic rings. The number of hydrogen-bond acceptors (Lipinski definition) is 1. The van der Waals surface area contributed by atoms with E-state index >= 15 is 0 Å². The third-order valence-corrected chi connectivity index (χ3v) is 3.24. The SMILES string of the molecule is CCCCCCNC(C)c1ccc(F)cc1Cl. The van der Waals surface area contributed by atoms with Crippen LogP contribution in [0.5, 0.6) is 0 Å². The van der Waals surface area contributed by atoms with Crippen molar-refractivity contribution in [3.63, 3.8) is 0 Å². The average molecular weight is 258 g/mol. The molecule has 0 heterocycles. The van der Waals surface area contributed by atoms with Gasteiger partial charge in [-0.3, -0.25) is 0 Å². The van der Waals surface area contributed by atoms with Gasteiger partial charge >= 0.3 is 0 Å². The molecular weight excluding hydrogens is 237 g/mol. The minimum atomic E-state index is -0.283. The minimum Gasteiger partial charge on any atom is -0.310 e. The van der Waals surface area contributed by atoms with Crippen molar-refractivity contribution in [2.75, 3.05) is 6.54 Å². The van der Waals surface area contributed by atoms with E-state index in [1.165, 1.54) is 37.8 Å². The van der Waals surface area contributed by atoms with E-state index < -0.39 is 0 Å². The second-order valence-electron chi connectivity index (χ2n) is 4.40. The molecule has 0 fully saturated rings. The summed E-state index contributed by atoms with van der Waals surface area (Å²) in [6, 6.07) is 4.74. The van der Waals surface area contributed by atoms with Crippen LogP contribution in [0.1, 0.15) is 51.1 Å². The van der Waals surface area contributed by atoms with Crippen LogP contribution >= 0.6 is 11.6 Å². The lowest BCUT2D eigenvalue weighted by Gasteiger charge is -2.15. The Labute approximate surface area is 108 Å². The molecule has 1 N–H and O–H groups in total. The molecule has 0 spiro atoms. The van der Waals surface area contributed by atoms with E-state index in [0.29, 0.717) is 5.02 Å². The van der Waals surface area contributed by atoms with Gasteiger partial charge < -0.3 is 5.32 Å². The molecule has 1 atom stereocenters. The first-order valence-corrected chi connectivity index (χ1v) is 6.71. The monoisotopic (exact) mass is 257 g/mol. The molecule has 0 aromatic heterocycles. The molecule has 1 rings (SSSR count). The van der Waals surface area contributed by atoms with Crippen molar-refractivity contribution in [1.82, 2.24) is 5.32 Å². The van der Waals surface area contributed by atoms with Gasteiger partial charge in [0.05, 0.1) is 0 Å². The fourth-order valence-electron chi connectivity index (χ4n) is 1.83. The second kappa shape index (κ2) is 7.67. The Morgan fingerprint density at radius 1 is 1.29 bits per heavy atom. The van der Waals surface area contributed by atoms with Gasteiger partial charge in [-0.1, -0.05) is 43.9 Å². The van der Waals surface area contributed by atoms with Gasteiger partial charge in [-0.05, 0) is 37.6 Å². The summed E-state index contributed by atoms with van der Waals surface area (Å²) >= 11 is 6.01. The van der Waals surface area contributed by atoms with Crippen LogP contribution in [0.25, 0.3) is 0 Å². The van der Waals surface area contributed by atoms with Crippen LogP contribution in [0.15, 0.2) is 18.2 Å². The van der Waals surface area contributed by atoms with E-state index in [4.69, 9.17) is 11.6 Å². The van der Waals surface area contributed by atoms with Crippen molar-refractivity contribution in [3.05, 3.63) is 34.6 Å². The fourth-order valence-corrected chi connectivity index (χ4v) is 2.16. The highest BCUT2D eigenvalue weighted by molar-refractivity contribution is 6.31. The lowest BCUT2D eigenvalue weighted by Crippen LogP contribution is -2.20. The fraction of sp³-hybridized carbons (Fsp3) is 0.571. The minimum absolute atomic E-state index is 0.171. The number of nitrogens with one attached hydrogen (secondary N) is 1. The Balaban J connectivity index is 2.38. The van der Waals surface area contributed by atoms with Crippen molar-refractivity contribution >= 4 is 11.6 Å². The van der Waals surface area contributed by atoms with E-state index in [0.717, 1.165) is 12.1 Å². The van der Waals surface area contributed by atoms with Crippen LogP contribution in [0, 0.1) is 5.82 Å². The lowest BCUT2D eigenvalue weighted by molar-refractivity contribution is 0.535. The molecule has 0 aliphatic carbocycles. The van der Waals surface area contributed by atoms with E-state index in [1.54, 1.807) is 6.07 Å². The van der Waals surface area contributed by atoms with Gasteiger partial charge in [-0.25, -0.2) is 4.39 Å². The maximum Gasteiger partial charge on any atom is 0.124 e. The standard InChI is InChI=1S/C14H21ClFN/c1-3-4-5-6-9-17-11(2)13-8-7-12(16)10-14(13)15/h7-8,10-11,17H,3-6,9H2,1-2H3. The molecule has 0 radical (unpaired) electrons. The van der Waals surface area contributed by atoms with Crippen LogP contribution < -0.4 is 5.32 Å². The van der Waals surface area contributed by atoms with Crippen LogP contribution in [-0.4, -0.2) is 6.54 Å². The number of halogens is 2. The molecule has 3 heteroatoms. The lowest BCUT2D eigenvalue weighted by atomic mass is 10.1. The number of unbranched alkanes of at least 4 members (excludes halogenated alkanes) is 3. The zero-order chi connectivity index (χ0) is 12.7. The average Bonchev–Trinajstić information content (AvgIpc) is 2.28. The quantitative estimate of drug-likeness (QED) is 0.698. The second-order valence-corrected chi connectivity index (χ2v) is 4.81. The van der Waals surface area contributed by atoms with Gasteiger partial charge in [0.1, 0.15) is 5.82 Å². The van der Waals surface area contributed by atoms with Crippen LogP contribution in [0.4, 0.5) is 4.39 Å². The Hall–Kier alpha value is -0.600. The normalized spacial score (nSPS) is 12.7. The summed E-state index contributed by atoms with van der Waals surface area (Å²) in [4.78, 5) is 0. The van der Waals surface area contributed by atoms with Gasteiger partial charge in [0, 0.05) is 11.1 Å². The first-order chi connectivity index (χ1) is 8.15. The largest absolute Gasteiger partial charge is 0.310 e. The molecule has 0 saturated carbocycles. The molecule has 0 saturated heterocycles. The molecule has 0 amide bonds. The van der Waals surface area contributed by atoms with Gasteiger partial charge in [-0.15, -0.1) is 0 Å². The Kier molecular flexibility index (Phi) is 6.53. The molecule has 0 aliphatic heterocycles. The molecule has 1 nitrogen and oxygen atoms in total. The summed E-state index contributed by atoms with van der Waals surface area (Å²) < 4.78 is 12.9. The molecule has 96 valence electrons. The van der Waals surface area contributed by atoms with Crippen LogP contribution in [0.2, 0.25) is 5.02 Å². The third kappa shape index (κ3) is 5.05. The molecular formula is C14H21ClFN. The van der Waals surface area contributed by atoms with Crippen molar-refractivity contribution < 1.29 is 4.39 Å². The predicted molar refractivity (Wildman–Crippen MR) is 72.0 cm³/mol. The van der Waals surface area contributed by atoms with Gasteiger partial charge in [0.25, 0.3) is 0 Å². The highest BCUT2D eigenvalue weighted by Crippen LogP contribution is 2.23. The highest BCUT2D eigenvalue weighted by atomic mass is 35.5. The zero-order valence-electron chi connectivity index (χ0n) is 10.6. The number of benzene rings is 1. The summed E-state index contributed by atoms with van der Waals surface area (Å²) in [5.41, 5.74) is 0.962. The molecule has 1 unspecified atom stereocenters. The van der Waals surface area contributed by atoms with E-state index in [-0.39, 0.29) is 11.9 Å². The van der Waals surface area contributed by atoms with Crippen LogP contribution in [0.3, 0.4) is 0 Å². The number of rotatable bonds is 7. The Bertz CT molecular complexity index is 341. The summed E-state index contributed by atoms with van der Waals surface area (Å²) in [6.45, 7) is 5.24. The first-order valence-electron chi connectivity index (χ1n) is 6.33. The van der Waals surface area contributed by atoms with Crippen molar-refractivity contribution in [3.8, 4) is 0 Å². The van der Waals surface area contributed by atoms with Gasteiger partial charge in [-0.2, -0.15) is 0 Å². The Morgan fingerprint density at radius 3 is 2.71 bits per heavy atom. The molecule has 1 aromatic rings. The summed E-state index contributed by atoms with van der Waals surface area (Å²) in [5.74, 6) is -0.283. The topological polar surface area (TPSA) is 12.0 Å². The maximum absolute atomic E-state index is 12.9. The summed E-state index contributed by atoms with van der Waals surface area (Å²) in [7, 11) is 0. The van der Waals surface area contributed by atoms with Gasteiger partial charge in [0.15, 0.2) is 0 Å². The zero-order valence-corrected chi connectivity index (χ0v) is 11.4.